The summed E-state index contributed by atoms with van der Waals surface area (Å²) in [6, 6.07) is 10.1. The Kier molecular flexibility index (Phi) is 5.35. The zero-order valence-corrected chi connectivity index (χ0v) is 16.3. The second-order valence-electron chi connectivity index (χ2n) is 6.25. The van der Waals surface area contributed by atoms with E-state index in [1.165, 1.54) is 12.7 Å². The Labute approximate surface area is 164 Å². The predicted octanol–water partition coefficient (Wildman–Crippen LogP) is 4.20. The Bertz CT molecular complexity index is 894. The van der Waals surface area contributed by atoms with Crippen LogP contribution in [0, 0.1) is 0 Å². The number of ether oxygens (including phenoxy) is 3. The molecule has 140 valence electrons. The molecule has 1 aliphatic rings. The summed E-state index contributed by atoms with van der Waals surface area (Å²) < 4.78 is 22.6. The number of hydrogen-bond acceptors (Lipinski definition) is 7. The second-order valence-corrected chi connectivity index (χ2v) is 7.17. The molecule has 0 bridgehead atoms. The number of benzene rings is 1. The molecule has 2 heterocycles. The molecule has 0 saturated heterocycles. The van der Waals surface area contributed by atoms with E-state index in [1.807, 2.05) is 0 Å². The lowest BCUT2D eigenvalue weighted by atomic mass is 9.77. The van der Waals surface area contributed by atoms with Crippen LogP contribution in [0.5, 0.6) is 11.8 Å². The summed E-state index contributed by atoms with van der Waals surface area (Å²) in [5, 5.41) is 3.84. The molecule has 0 spiro atoms. The van der Waals surface area contributed by atoms with Crippen LogP contribution >= 0.6 is 15.9 Å². The third-order valence-corrected chi connectivity index (χ3v) is 4.95. The molecular weight excluding hydrogens is 414 g/mol. The van der Waals surface area contributed by atoms with Crippen molar-refractivity contribution in [3.05, 3.63) is 52.8 Å². The molecule has 1 saturated carbocycles. The highest BCUT2D eigenvalue weighted by Crippen LogP contribution is 2.40. The minimum absolute atomic E-state index is 0.0926. The van der Waals surface area contributed by atoms with Crippen molar-refractivity contribution in [1.29, 1.82) is 0 Å². The van der Waals surface area contributed by atoms with Crippen molar-refractivity contribution in [2.75, 3.05) is 13.9 Å². The van der Waals surface area contributed by atoms with Crippen LogP contribution in [-0.2, 0) is 4.74 Å². The smallest absolute Gasteiger partial charge is 0.256 e. The van der Waals surface area contributed by atoms with Gasteiger partial charge in [0.15, 0.2) is 18.2 Å². The van der Waals surface area contributed by atoms with Gasteiger partial charge in [-0.05, 0) is 41.6 Å². The maximum Gasteiger partial charge on any atom is 0.256 e. The summed E-state index contributed by atoms with van der Waals surface area (Å²) in [5.41, 5.74) is 1.83. The number of rotatable bonds is 7. The van der Waals surface area contributed by atoms with E-state index >= 15 is 0 Å². The third kappa shape index (κ3) is 4.12. The molecule has 0 radical (unpaired) electrons. The maximum atomic E-state index is 6.07. The molecule has 1 aromatic carbocycles. The molecule has 0 atom stereocenters. The van der Waals surface area contributed by atoms with Crippen molar-refractivity contribution in [3.63, 3.8) is 0 Å². The van der Waals surface area contributed by atoms with E-state index in [4.69, 9.17) is 18.7 Å². The van der Waals surface area contributed by atoms with Gasteiger partial charge < -0.3 is 18.7 Å². The molecular formula is C19H18BrN3O4. The van der Waals surface area contributed by atoms with Crippen LogP contribution in [0.1, 0.15) is 24.3 Å². The standard InChI is InChI=1S/C19H18BrN3O4/c1-24-11-25-17-10-16(27-23-17)18-19(22-7-6-21-18)26-15-8-13(9-15)12-2-4-14(20)5-3-12/h2-7,10,13,15H,8-9,11H2,1H3/t13-,15+. The van der Waals surface area contributed by atoms with Crippen molar-refractivity contribution in [1.82, 2.24) is 15.1 Å². The molecule has 0 aliphatic heterocycles. The number of hydrogen-bond donors (Lipinski definition) is 0. The van der Waals surface area contributed by atoms with Gasteiger partial charge in [-0.2, -0.15) is 0 Å². The fourth-order valence-corrected chi connectivity index (χ4v) is 3.23. The first-order valence-electron chi connectivity index (χ1n) is 8.55. The van der Waals surface area contributed by atoms with Gasteiger partial charge in [-0.15, -0.1) is 0 Å². The first-order chi connectivity index (χ1) is 13.2. The average Bonchev–Trinajstić information content (AvgIpc) is 3.13. The highest BCUT2D eigenvalue weighted by atomic mass is 79.9. The van der Waals surface area contributed by atoms with Gasteiger partial charge in [-0.3, -0.25) is 0 Å². The van der Waals surface area contributed by atoms with Gasteiger partial charge in [0.05, 0.1) is 6.07 Å². The minimum Gasteiger partial charge on any atom is -0.473 e. The van der Waals surface area contributed by atoms with E-state index in [-0.39, 0.29) is 12.9 Å². The van der Waals surface area contributed by atoms with E-state index < -0.39 is 0 Å². The van der Waals surface area contributed by atoms with Crippen molar-refractivity contribution in [2.45, 2.75) is 24.9 Å². The van der Waals surface area contributed by atoms with Crippen LogP contribution in [-0.4, -0.2) is 35.1 Å². The Morgan fingerprint density at radius 3 is 2.70 bits per heavy atom. The maximum absolute atomic E-state index is 6.07. The van der Waals surface area contributed by atoms with E-state index in [9.17, 15) is 0 Å². The lowest BCUT2D eigenvalue weighted by Crippen LogP contribution is -2.32. The summed E-state index contributed by atoms with van der Waals surface area (Å²) >= 11 is 3.47. The summed E-state index contributed by atoms with van der Waals surface area (Å²) in [6.07, 6.45) is 5.17. The molecule has 2 aromatic heterocycles. The van der Waals surface area contributed by atoms with Gasteiger partial charge in [0.1, 0.15) is 6.10 Å². The van der Waals surface area contributed by atoms with Gasteiger partial charge in [-0.1, -0.05) is 28.1 Å². The largest absolute Gasteiger partial charge is 0.473 e. The molecule has 0 amide bonds. The summed E-state index contributed by atoms with van der Waals surface area (Å²) in [7, 11) is 1.54. The average molecular weight is 432 g/mol. The highest BCUT2D eigenvalue weighted by Gasteiger charge is 2.33. The van der Waals surface area contributed by atoms with Crippen molar-refractivity contribution < 1.29 is 18.7 Å². The second kappa shape index (κ2) is 8.06. The molecule has 8 heteroatoms. The Morgan fingerprint density at radius 1 is 1.15 bits per heavy atom. The molecule has 3 aromatic rings. The Morgan fingerprint density at radius 2 is 1.93 bits per heavy atom. The van der Waals surface area contributed by atoms with Gasteiger partial charge in [0.25, 0.3) is 5.88 Å². The molecule has 1 aliphatic carbocycles. The SMILES string of the molecule is COCOc1cc(-c2nccnc2O[C@H]2C[C@@H](c3ccc(Br)cc3)C2)on1. The zero-order chi connectivity index (χ0) is 18.6. The molecule has 0 unspecified atom stereocenters. The fraction of sp³-hybridized carbons (Fsp3) is 0.316. The number of nitrogens with zero attached hydrogens (tertiary/aromatic N) is 3. The minimum atomic E-state index is 0.0926. The lowest BCUT2D eigenvalue weighted by molar-refractivity contribution is 0.0453. The first kappa shape index (κ1) is 17.9. The number of halogens is 1. The number of aromatic nitrogens is 3. The molecule has 27 heavy (non-hydrogen) atoms. The molecule has 7 nitrogen and oxygen atoms in total. The number of methoxy groups -OCH3 is 1. The Balaban J connectivity index is 1.42. The summed E-state index contributed by atoms with van der Waals surface area (Å²) in [6.45, 7) is 0.0926. The molecule has 1 fully saturated rings. The van der Waals surface area contributed by atoms with Crippen LogP contribution in [0.4, 0.5) is 0 Å². The van der Waals surface area contributed by atoms with Crippen LogP contribution in [0.3, 0.4) is 0 Å². The van der Waals surface area contributed by atoms with Gasteiger partial charge in [-0.25, -0.2) is 9.97 Å². The van der Waals surface area contributed by atoms with Crippen LogP contribution in [0.15, 0.2) is 51.7 Å². The van der Waals surface area contributed by atoms with Gasteiger partial charge in [0.2, 0.25) is 5.88 Å². The van der Waals surface area contributed by atoms with Crippen molar-refractivity contribution in [2.24, 2.45) is 0 Å². The quantitative estimate of drug-likeness (QED) is 0.518. The van der Waals surface area contributed by atoms with Crippen molar-refractivity contribution in [3.8, 4) is 23.2 Å². The van der Waals surface area contributed by atoms with Gasteiger partial charge >= 0.3 is 0 Å². The monoisotopic (exact) mass is 431 g/mol. The van der Waals surface area contributed by atoms with E-state index in [0.717, 1.165) is 17.3 Å². The van der Waals surface area contributed by atoms with Crippen LogP contribution in [0.25, 0.3) is 11.5 Å². The van der Waals surface area contributed by atoms with Crippen molar-refractivity contribution >= 4 is 15.9 Å². The molecule has 4 rings (SSSR count). The predicted molar refractivity (Wildman–Crippen MR) is 101 cm³/mol. The van der Waals surface area contributed by atoms with E-state index in [1.54, 1.807) is 18.5 Å². The topological polar surface area (TPSA) is 79.5 Å². The normalized spacial score (nSPS) is 18.7. The van der Waals surface area contributed by atoms with E-state index in [2.05, 4.69) is 55.3 Å². The third-order valence-electron chi connectivity index (χ3n) is 4.43. The highest BCUT2D eigenvalue weighted by molar-refractivity contribution is 9.10. The zero-order valence-electron chi connectivity index (χ0n) is 14.7. The Hall–Kier alpha value is -2.45. The fourth-order valence-electron chi connectivity index (χ4n) is 2.97. The lowest BCUT2D eigenvalue weighted by Gasteiger charge is -2.35. The van der Waals surface area contributed by atoms with Crippen LogP contribution < -0.4 is 9.47 Å². The molecule has 0 N–H and O–H groups in total. The summed E-state index contributed by atoms with van der Waals surface area (Å²) in [4.78, 5) is 8.64. The summed E-state index contributed by atoms with van der Waals surface area (Å²) in [5.74, 6) is 1.70. The van der Waals surface area contributed by atoms with E-state index in [0.29, 0.717) is 29.1 Å². The van der Waals surface area contributed by atoms with Crippen LogP contribution in [0.2, 0.25) is 0 Å². The first-order valence-corrected chi connectivity index (χ1v) is 9.34. The van der Waals surface area contributed by atoms with Gasteiger partial charge in [0, 0.05) is 24.0 Å².